The first-order valence-electron chi connectivity index (χ1n) is 20.4. The standard InChI is InChI=1S/C58H37N/c1-2-20-46(21-3-1)59-57-30-28-40(38-16-12-18-42(32-38)53-36-44-14-4-6-22-47(44)49-24-8-10-26-51(49)53)34-55(57)56-35-41(29-31-58(56)59)39-17-13-19-43(33-39)54-37-45-15-5-7-23-48(45)50-25-9-11-27-52(50)54/h1-37H. The maximum absolute atomic E-state index is 2.41. The molecule has 0 N–H and O–H groups in total. The zero-order valence-corrected chi connectivity index (χ0v) is 32.3. The third kappa shape index (κ3) is 5.47. The summed E-state index contributed by atoms with van der Waals surface area (Å²) in [6, 6.07) is 82.6. The summed E-state index contributed by atoms with van der Waals surface area (Å²) in [5, 5.41) is 12.7. The summed E-state index contributed by atoms with van der Waals surface area (Å²) in [5.74, 6) is 0. The largest absolute Gasteiger partial charge is 0.309 e. The summed E-state index contributed by atoms with van der Waals surface area (Å²) in [6.45, 7) is 0. The molecule has 0 saturated heterocycles. The summed E-state index contributed by atoms with van der Waals surface area (Å²) in [6.07, 6.45) is 0. The van der Waals surface area contributed by atoms with Crippen molar-refractivity contribution in [2.75, 3.05) is 0 Å². The molecule has 59 heavy (non-hydrogen) atoms. The van der Waals surface area contributed by atoms with E-state index in [0.29, 0.717) is 0 Å². The highest BCUT2D eigenvalue weighted by atomic mass is 15.0. The van der Waals surface area contributed by atoms with E-state index in [1.165, 1.54) is 109 Å². The van der Waals surface area contributed by atoms with Crippen molar-refractivity contribution in [3.8, 4) is 50.2 Å². The molecule has 0 atom stereocenters. The SMILES string of the molecule is c1ccc(-n2c3ccc(-c4cccc(-c5cc6ccccc6c6ccccc56)c4)cc3c3cc(-c4cccc(-c5cc6ccccc6c6ccccc56)c4)ccc32)cc1. The van der Waals surface area contributed by atoms with Crippen molar-refractivity contribution in [1.29, 1.82) is 0 Å². The van der Waals surface area contributed by atoms with Gasteiger partial charge in [0.25, 0.3) is 0 Å². The minimum absolute atomic E-state index is 1.16. The van der Waals surface area contributed by atoms with E-state index in [9.17, 15) is 0 Å². The highest BCUT2D eigenvalue weighted by Crippen LogP contribution is 2.41. The second-order valence-corrected chi connectivity index (χ2v) is 15.7. The van der Waals surface area contributed by atoms with Crippen molar-refractivity contribution in [2.45, 2.75) is 0 Å². The van der Waals surface area contributed by atoms with Gasteiger partial charge < -0.3 is 4.57 Å². The number of para-hydroxylation sites is 1. The summed E-state index contributed by atoms with van der Waals surface area (Å²) < 4.78 is 2.41. The molecule has 0 fully saturated rings. The molecule has 0 radical (unpaired) electrons. The molecule has 0 aliphatic carbocycles. The summed E-state index contributed by atoms with van der Waals surface area (Å²) in [4.78, 5) is 0. The van der Waals surface area contributed by atoms with Gasteiger partial charge in [-0.15, -0.1) is 0 Å². The maximum Gasteiger partial charge on any atom is 0.0541 e. The van der Waals surface area contributed by atoms with Crippen LogP contribution >= 0.6 is 0 Å². The first-order valence-corrected chi connectivity index (χ1v) is 20.4. The lowest BCUT2D eigenvalue weighted by atomic mass is 9.91. The highest BCUT2D eigenvalue weighted by molar-refractivity contribution is 6.16. The van der Waals surface area contributed by atoms with Gasteiger partial charge in [0.15, 0.2) is 0 Å². The van der Waals surface area contributed by atoms with Gasteiger partial charge in [-0.25, -0.2) is 0 Å². The average molecular weight is 748 g/mol. The molecule has 0 saturated carbocycles. The molecule has 0 amide bonds. The van der Waals surface area contributed by atoms with Crippen LogP contribution in [0.1, 0.15) is 0 Å². The van der Waals surface area contributed by atoms with Gasteiger partial charge in [-0.2, -0.15) is 0 Å². The van der Waals surface area contributed by atoms with Crippen LogP contribution in [-0.4, -0.2) is 4.57 Å². The normalized spacial score (nSPS) is 11.7. The molecule has 0 aliphatic heterocycles. The molecule has 0 bridgehead atoms. The van der Waals surface area contributed by atoms with E-state index in [1.807, 2.05) is 0 Å². The van der Waals surface area contributed by atoms with E-state index in [-0.39, 0.29) is 0 Å². The van der Waals surface area contributed by atoms with Crippen LogP contribution < -0.4 is 0 Å². The Balaban J connectivity index is 1.02. The predicted octanol–water partition coefficient (Wildman–Crippen LogP) is 16.1. The van der Waals surface area contributed by atoms with E-state index in [1.54, 1.807) is 0 Å². The highest BCUT2D eigenvalue weighted by Gasteiger charge is 2.17. The predicted molar refractivity (Wildman–Crippen MR) is 253 cm³/mol. The number of hydrogen-bond donors (Lipinski definition) is 0. The first-order chi connectivity index (χ1) is 29.2. The lowest BCUT2D eigenvalue weighted by Crippen LogP contribution is -1.93. The number of hydrogen-bond acceptors (Lipinski definition) is 0. The average Bonchev–Trinajstić information content (AvgIpc) is 3.64. The third-order valence-electron chi connectivity index (χ3n) is 12.3. The Kier molecular flexibility index (Phi) is 7.61. The molecule has 1 heteroatoms. The molecular weight excluding hydrogens is 711 g/mol. The van der Waals surface area contributed by atoms with Crippen molar-refractivity contribution in [3.05, 3.63) is 224 Å². The maximum atomic E-state index is 2.41. The minimum atomic E-state index is 1.16. The fraction of sp³-hybridized carbons (Fsp3) is 0. The molecule has 1 aromatic heterocycles. The molecule has 0 spiro atoms. The van der Waals surface area contributed by atoms with Crippen LogP contribution in [0.25, 0.3) is 115 Å². The number of rotatable bonds is 5. The van der Waals surface area contributed by atoms with Gasteiger partial charge in [-0.05, 0) is 148 Å². The number of fused-ring (bicyclic) bond motifs is 9. The van der Waals surface area contributed by atoms with Crippen LogP contribution in [0.4, 0.5) is 0 Å². The molecule has 12 rings (SSSR count). The molecule has 12 aromatic rings. The molecule has 1 nitrogen and oxygen atoms in total. The topological polar surface area (TPSA) is 4.93 Å². The third-order valence-corrected chi connectivity index (χ3v) is 12.3. The van der Waals surface area contributed by atoms with Gasteiger partial charge >= 0.3 is 0 Å². The summed E-state index contributed by atoms with van der Waals surface area (Å²) in [5.41, 5.74) is 13.3. The molecular formula is C58H37N. The number of nitrogens with zero attached hydrogens (tertiary/aromatic N) is 1. The summed E-state index contributed by atoms with van der Waals surface area (Å²) in [7, 11) is 0. The lowest BCUT2D eigenvalue weighted by molar-refractivity contribution is 1.18. The zero-order chi connectivity index (χ0) is 38.9. The molecule has 274 valence electrons. The van der Waals surface area contributed by atoms with Crippen molar-refractivity contribution in [3.63, 3.8) is 0 Å². The fourth-order valence-corrected chi connectivity index (χ4v) is 9.56. The molecule has 0 unspecified atom stereocenters. The van der Waals surface area contributed by atoms with Crippen molar-refractivity contribution in [1.82, 2.24) is 4.57 Å². The second kappa shape index (κ2) is 13.4. The van der Waals surface area contributed by atoms with E-state index in [4.69, 9.17) is 0 Å². The van der Waals surface area contributed by atoms with Crippen LogP contribution in [0.2, 0.25) is 0 Å². The quantitative estimate of drug-likeness (QED) is 0.155. The van der Waals surface area contributed by atoms with Crippen LogP contribution in [0.15, 0.2) is 224 Å². The van der Waals surface area contributed by atoms with E-state index in [2.05, 4.69) is 229 Å². The van der Waals surface area contributed by atoms with Crippen LogP contribution in [0, 0.1) is 0 Å². The molecule has 1 heterocycles. The van der Waals surface area contributed by atoms with E-state index < -0.39 is 0 Å². The van der Waals surface area contributed by atoms with Crippen molar-refractivity contribution in [2.24, 2.45) is 0 Å². The van der Waals surface area contributed by atoms with Gasteiger partial charge in [0.2, 0.25) is 0 Å². The Hall–Kier alpha value is -7.74. The van der Waals surface area contributed by atoms with E-state index >= 15 is 0 Å². The Morgan fingerprint density at radius 2 is 0.610 bits per heavy atom. The van der Waals surface area contributed by atoms with Crippen molar-refractivity contribution < 1.29 is 0 Å². The second-order valence-electron chi connectivity index (χ2n) is 15.7. The van der Waals surface area contributed by atoms with Gasteiger partial charge in [-0.3, -0.25) is 0 Å². The lowest BCUT2D eigenvalue weighted by Gasteiger charge is -2.12. The Labute approximate surface area is 342 Å². The van der Waals surface area contributed by atoms with Crippen LogP contribution in [0.3, 0.4) is 0 Å². The van der Waals surface area contributed by atoms with Gasteiger partial charge in [0.1, 0.15) is 0 Å². The fourth-order valence-electron chi connectivity index (χ4n) is 9.56. The van der Waals surface area contributed by atoms with E-state index in [0.717, 1.165) is 5.69 Å². The Morgan fingerprint density at radius 3 is 1.10 bits per heavy atom. The van der Waals surface area contributed by atoms with Gasteiger partial charge in [0.05, 0.1) is 11.0 Å². The summed E-state index contributed by atoms with van der Waals surface area (Å²) >= 11 is 0. The smallest absolute Gasteiger partial charge is 0.0541 e. The first kappa shape index (κ1) is 33.4. The molecule has 11 aromatic carbocycles. The monoisotopic (exact) mass is 747 g/mol. The minimum Gasteiger partial charge on any atom is -0.309 e. The molecule has 0 aliphatic rings. The van der Waals surface area contributed by atoms with Crippen LogP contribution in [0.5, 0.6) is 0 Å². The van der Waals surface area contributed by atoms with Crippen molar-refractivity contribution >= 4 is 64.9 Å². The van der Waals surface area contributed by atoms with Crippen LogP contribution in [-0.2, 0) is 0 Å². The number of aromatic nitrogens is 1. The Bertz CT molecular complexity index is 3390. The van der Waals surface area contributed by atoms with Gasteiger partial charge in [-0.1, -0.05) is 164 Å². The Morgan fingerprint density at radius 1 is 0.220 bits per heavy atom. The zero-order valence-electron chi connectivity index (χ0n) is 32.3. The number of benzene rings is 11. The van der Waals surface area contributed by atoms with Gasteiger partial charge in [0, 0.05) is 16.5 Å².